The van der Waals surface area contributed by atoms with E-state index in [4.69, 9.17) is 9.47 Å². The van der Waals surface area contributed by atoms with Crippen molar-refractivity contribution in [2.24, 2.45) is 0 Å². The molecule has 2 aromatic carbocycles. The fourth-order valence-corrected chi connectivity index (χ4v) is 3.16. The highest BCUT2D eigenvalue weighted by molar-refractivity contribution is 5.93. The molecule has 1 heterocycles. The summed E-state index contributed by atoms with van der Waals surface area (Å²) in [5.74, 6) is 0.507. The van der Waals surface area contributed by atoms with Gasteiger partial charge in [-0.3, -0.25) is 4.79 Å². The van der Waals surface area contributed by atoms with Crippen LogP contribution < -0.4 is 10.1 Å². The molecule has 0 bridgehead atoms. The lowest BCUT2D eigenvalue weighted by molar-refractivity contribution is -0.179. The first kappa shape index (κ1) is 20.3. The van der Waals surface area contributed by atoms with Crippen LogP contribution in [0.1, 0.15) is 34.0 Å². The second kappa shape index (κ2) is 9.16. The van der Waals surface area contributed by atoms with Gasteiger partial charge in [-0.15, -0.1) is 0 Å². The first-order valence-corrected chi connectivity index (χ1v) is 9.18. The van der Waals surface area contributed by atoms with Gasteiger partial charge in [0.1, 0.15) is 24.6 Å². The van der Waals surface area contributed by atoms with Crippen molar-refractivity contribution in [3.05, 3.63) is 65.2 Å². The molecule has 1 aliphatic rings. The van der Waals surface area contributed by atoms with Gasteiger partial charge < -0.3 is 30.1 Å². The highest BCUT2D eigenvalue weighted by Crippen LogP contribution is 2.32. The first-order valence-electron chi connectivity index (χ1n) is 9.18. The molecule has 0 saturated carbocycles. The second-order valence-electron chi connectivity index (χ2n) is 6.79. The van der Waals surface area contributed by atoms with Crippen LogP contribution in [0.15, 0.2) is 48.5 Å². The minimum atomic E-state index is -1.05. The van der Waals surface area contributed by atoms with Crippen molar-refractivity contribution in [3.8, 4) is 5.75 Å². The Labute approximate surface area is 163 Å². The molecule has 28 heavy (non-hydrogen) atoms. The molecule has 7 nitrogen and oxygen atoms in total. The van der Waals surface area contributed by atoms with Gasteiger partial charge in [-0.05, 0) is 35.4 Å². The average Bonchev–Trinajstić information content (AvgIpc) is 2.74. The second-order valence-corrected chi connectivity index (χ2v) is 6.79. The molecule has 1 fully saturated rings. The van der Waals surface area contributed by atoms with Crippen molar-refractivity contribution < 1.29 is 29.6 Å². The number of nitrogens with one attached hydrogen (secondary N) is 1. The number of amides is 1. The van der Waals surface area contributed by atoms with Crippen molar-refractivity contribution in [2.75, 3.05) is 13.7 Å². The van der Waals surface area contributed by atoms with E-state index in [0.717, 1.165) is 5.56 Å². The number of hydrogen-bond donors (Lipinski definition) is 4. The van der Waals surface area contributed by atoms with Crippen LogP contribution in [-0.2, 0) is 11.3 Å². The maximum Gasteiger partial charge on any atom is 0.251 e. The van der Waals surface area contributed by atoms with Gasteiger partial charge in [0.25, 0.3) is 5.91 Å². The van der Waals surface area contributed by atoms with Gasteiger partial charge in [0.2, 0.25) is 0 Å². The average molecular weight is 387 g/mol. The van der Waals surface area contributed by atoms with Crippen LogP contribution in [0.4, 0.5) is 0 Å². The lowest BCUT2D eigenvalue weighted by Gasteiger charge is -2.36. The number of ether oxygens (including phenoxy) is 2. The van der Waals surface area contributed by atoms with Crippen molar-refractivity contribution >= 4 is 5.91 Å². The minimum Gasteiger partial charge on any atom is -0.489 e. The SMILES string of the molecule is CNC(=O)c1ccc(COc2ccc(C3OC(CO)CC(O)C3O)cc2)cc1. The van der Waals surface area contributed by atoms with E-state index in [1.807, 2.05) is 12.1 Å². The van der Waals surface area contributed by atoms with Gasteiger partial charge in [-0.1, -0.05) is 24.3 Å². The summed E-state index contributed by atoms with van der Waals surface area (Å²) in [6.45, 7) is 0.140. The largest absolute Gasteiger partial charge is 0.489 e. The number of aliphatic hydroxyl groups excluding tert-OH is 3. The molecule has 0 spiro atoms. The number of rotatable bonds is 6. The Balaban J connectivity index is 1.60. The van der Waals surface area contributed by atoms with Gasteiger partial charge in [-0.2, -0.15) is 0 Å². The summed E-state index contributed by atoms with van der Waals surface area (Å²) in [5, 5.41) is 32.0. The number of hydrogen-bond acceptors (Lipinski definition) is 6. The Kier molecular flexibility index (Phi) is 6.64. The highest BCUT2D eigenvalue weighted by atomic mass is 16.5. The number of benzene rings is 2. The summed E-state index contributed by atoms with van der Waals surface area (Å²) in [6.07, 6.45) is -2.99. The summed E-state index contributed by atoms with van der Waals surface area (Å²) in [7, 11) is 1.59. The molecular weight excluding hydrogens is 362 g/mol. The third-order valence-electron chi connectivity index (χ3n) is 4.81. The fourth-order valence-electron chi connectivity index (χ4n) is 3.16. The summed E-state index contributed by atoms with van der Waals surface area (Å²) in [4.78, 5) is 11.5. The first-order chi connectivity index (χ1) is 13.5. The van der Waals surface area contributed by atoms with Crippen LogP contribution >= 0.6 is 0 Å². The molecule has 4 atom stereocenters. The van der Waals surface area contributed by atoms with E-state index in [2.05, 4.69) is 5.32 Å². The molecule has 0 aromatic heterocycles. The van der Waals surface area contributed by atoms with E-state index >= 15 is 0 Å². The molecule has 4 unspecified atom stereocenters. The zero-order chi connectivity index (χ0) is 20.1. The van der Waals surface area contributed by atoms with E-state index in [0.29, 0.717) is 23.5 Å². The van der Waals surface area contributed by atoms with Crippen molar-refractivity contribution in [3.63, 3.8) is 0 Å². The van der Waals surface area contributed by atoms with Crippen molar-refractivity contribution in [1.82, 2.24) is 5.32 Å². The van der Waals surface area contributed by atoms with E-state index in [1.165, 1.54) is 0 Å². The fraction of sp³-hybridized carbons (Fsp3) is 0.381. The molecule has 2 aromatic rings. The Hall–Kier alpha value is -2.45. The van der Waals surface area contributed by atoms with Gasteiger partial charge in [-0.25, -0.2) is 0 Å². The molecule has 0 radical (unpaired) electrons. The predicted octanol–water partition coefficient (Wildman–Crippen LogP) is 1.17. The summed E-state index contributed by atoms with van der Waals surface area (Å²) in [5.41, 5.74) is 2.22. The van der Waals surface area contributed by atoms with Gasteiger partial charge >= 0.3 is 0 Å². The minimum absolute atomic E-state index is 0.135. The van der Waals surface area contributed by atoms with Crippen LogP contribution in [0.5, 0.6) is 5.75 Å². The van der Waals surface area contributed by atoms with Gasteiger partial charge in [0.15, 0.2) is 0 Å². The monoisotopic (exact) mass is 387 g/mol. The maximum absolute atomic E-state index is 11.5. The topological polar surface area (TPSA) is 108 Å². The third-order valence-corrected chi connectivity index (χ3v) is 4.81. The van der Waals surface area contributed by atoms with Crippen LogP contribution in [0, 0.1) is 0 Å². The predicted molar refractivity (Wildman–Crippen MR) is 102 cm³/mol. The molecule has 0 aliphatic carbocycles. The normalized spacial score (nSPS) is 24.6. The number of carbonyl (C=O) groups is 1. The van der Waals surface area contributed by atoms with E-state index in [1.54, 1.807) is 43.4 Å². The lowest BCUT2D eigenvalue weighted by Crippen LogP contribution is -2.44. The quantitative estimate of drug-likeness (QED) is 0.593. The van der Waals surface area contributed by atoms with E-state index in [-0.39, 0.29) is 18.9 Å². The summed E-state index contributed by atoms with van der Waals surface area (Å²) < 4.78 is 11.4. The van der Waals surface area contributed by atoms with Crippen LogP contribution in [-0.4, -0.2) is 53.2 Å². The zero-order valence-corrected chi connectivity index (χ0v) is 15.6. The molecule has 150 valence electrons. The Bertz CT molecular complexity index is 776. The third kappa shape index (κ3) is 4.69. The van der Waals surface area contributed by atoms with E-state index in [9.17, 15) is 20.1 Å². The van der Waals surface area contributed by atoms with Gasteiger partial charge in [0.05, 0.1) is 18.8 Å². The molecule has 7 heteroatoms. The van der Waals surface area contributed by atoms with Crippen molar-refractivity contribution in [2.45, 2.75) is 37.4 Å². The maximum atomic E-state index is 11.5. The smallest absolute Gasteiger partial charge is 0.251 e. The van der Waals surface area contributed by atoms with Crippen LogP contribution in [0.3, 0.4) is 0 Å². The van der Waals surface area contributed by atoms with E-state index < -0.39 is 24.4 Å². The standard InChI is InChI=1S/C21H25NO6/c1-22-21(26)15-4-2-13(3-5-15)12-27-16-8-6-14(7-9-16)20-19(25)18(24)10-17(11-23)28-20/h2-9,17-20,23-25H,10-12H2,1H3,(H,22,26). The molecular formula is C21H25NO6. The Morgan fingerprint density at radius 1 is 1.14 bits per heavy atom. The number of carbonyl (C=O) groups excluding carboxylic acids is 1. The van der Waals surface area contributed by atoms with Crippen LogP contribution in [0.25, 0.3) is 0 Å². The van der Waals surface area contributed by atoms with Crippen molar-refractivity contribution in [1.29, 1.82) is 0 Å². The molecule has 1 amide bonds. The van der Waals surface area contributed by atoms with Gasteiger partial charge in [0, 0.05) is 19.0 Å². The molecule has 4 N–H and O–H groups in total. The lowest BCUT2D eigenvalue weighted by atomic mass is 9.93. The Morgan fingerprint density at radius 2 is 1.82 bits per heavy atom. The molecule has 1 saturated heterocycles. The van der Waals surface area contributed by atoms with Crippen LogP contribution in [0.2, 0.25) is 0 Å². The zero-order valence-electron chi connectivity index (χ0n) is 15.6. The summed E-state index contributed by atoms with van der Waals surface area (Å²) in [6, 6.07) is 14.2. The number of aliphatic hydroxyl groups is 3. The summed E-state index contributed by atoms with van der Waals surface area (Å²) >= 11 is 0. The highest BCUT2D eigenvalue weighted by Gasteiger charge is 2.37. The molecule has 1 aliphatic heterocycles. The Morgan fingerprint density at radius 3 is 2.43 bits per heavy atom. The molecule has 3 rings (SSSR count).